The van der Waals surface area contributed by atoms with Gasteiger partial charge in [0.2, 0.25) is 0 Å². The second kappa shape index (κ2) is 7.96. The van der Waals surface area contributed by atoms with Crippen LogP contribution in [-0.2, 0) is 4.57 Å². The minimum atomic E-state index is -3.97. The van der Waals surface area contributed by atoms with E-state index in [1.807, 2.05) is 18.2 Å². The van der Waals surface area contributed by atoms with E-state index in [-0.39, 0.29) is 10.7 Å². The minimum Gasteiger partial charge on any atom is -0.337 e. The van der Waals surface area contributed by atoms with Crippen LogP contribution in [0, 0.1) is 0 Å². The van der Waals surface area contributed by atoms with Gasteiger partial charge in [0, 0.05) is 10.9 Å². The van der Waals surface area contributed by atoms with E-state index < -0.39 is 13.3 Å². The standard InChI is InChI=1S/C21H18NO3P/c23-21(18-12-6-2-7-13-18)22-20(16-17-10-4-1-5-11-17)26(24,25)19-14-8-3-9-15-19/h1-16H,(H,22,23)(H,24,25)/b20-16-. The van der Waals surface area contributed by atoms with Crippen molar-refractivity contribution in [2.75, 3.05) is 0 Å². The van der Waals surface area contributed by atoms with E-state index in [1.165, 1.54) is 6.08 Å². The first-order valence-electron chi connectivity index (χ1n) is 8.09. The van der Waals surface area contributed by atoms with Crippen LogP contribution in [-0.4, -0.2) is 10.8 Å². The second-order valence-corrected chi connectivity index (χ2v) is 7.82. The molecule has 0 bridgehead atoms. The molecule has 130 valence electrons. The molecule has 3 aromatic carbocycles. The van der Waals surface area contributed by atoms with Crippen molar-refractivity contribution in [3.05, 3.63) is 108 Å². The van der Waals surface area contributed by atoms with Gasteiger partial charge in [0.1, 0.15) is 5.44 Å². The molecule has 0 radical (unpaired) electrons. The van der Waals surface area contributed by atoms with Crippen molar-refractivity contribution in [1.29, 1.82) is 0 Å². The van der Waals surface area contributed by atoms with E-state index >= 15 is 0 Å². The maximum atomic E-state index is 13.2. The van der Waals surface area contributed by atoms with Crippen LogP contribution < -0.4 is 10.6 Å². The Labute approximate surface area is 152 Å². The number of hydrogen-bond acceptors (Lipinski definition) is 2. The van der Waals surface area contributed by atoms with E-state index in [0.29, 0.717) is 5.56 Å². The molecule has 0 aliphatic rings. The molecular weight excluding hydrogens is 345 g/mol. The lowest BCUT2D eigenvalue weighted by molar-refractivity contribution is 0.0968. The van der Waals surface area contributed by atoms with E-state index in [0.717, 1.165) is 5.56 Å². The summed E-state index contributed by atoms with van der Waals surface area (Å²) in [6.45, 7) is 0. The Morgan fingerprint density at radius 2 is 1.31 bits per heavy atom. The topological polar surface area (TPSA) is 66.4 Å². The van der Waals surface area contributed by atoms with Crippen LogP contribution in [0.3, 0.4) is 0 Å². The Balaban J connectivity index is 2.01. The molecule has 3 aromatic rings. The van der Waals surface area contributed by atoms with Crippen molar-refractivity contribution in [3.63, 3.8) is 0 Å². The Hall–Kier alpha value is -2.94. The predicted molar refractivity (Wildman–Crippen MR) is 104 cm³/mol. The Morgan fingerprint density at radius 3 is 1.88 bits per heavy atom. The highest BCUT2D eigenvalue weighted by molar-refractivity contribution is 7.70. The lowest BCUT2D eigenvalue weighted by Crippen LogP contribution is -2.25. The molecule has 1 amide bonds. The van der Waals surface area contributed by atoms with Crippen molar-refractivity contribution < 1.29 is 14.3 Å². The predicted octanol–water partition coefficient (Wildman–Crippen LogP) is 4.01. The van der Waals surface area contributed by atoms with Crippen molar-refractivity contribution in [2.24, 2.45) is 0 Å². The van der Waals surface area contributed by atoms with E-state index in [4.69, 9.17) is 0 Å². The van der Waals surface area contributed by atoms with Crippen molar-refractivity contribution in [1.82, 2.24) is 5.32 Å². The normalized spacial score (nSPS) is 13.7. The van der Waals surface area contributed by atoms with Crippen LogP contribution >= 0.6 is 7.37 Å². The molecule has 0 aliphatic carbocycles. The Morgan fingerprint density at radius 1 is 0.808 bits per heavy atom. The summed E-state index contributed by atoms with van der Waals surface area (Å²) in [6.07, 6.45) is 1.54. The van der Waals surface area contributed by atoms with Gasteiger partial charge in [-0.05, 0) is 35.9 Å². The van der Waals surface area contributed by atoms with Crippen LogP contribution in [0.1, 0.15) is 15.9 Å². The number of nitrogens with one attached hydrogen (secondary N) is 1. The lowest BCUT2D eigenvalue weighted by atomic mass is 10.2. The maximum absolute atomic E-state index is 13.2. The van der Waals surface area contributed by atoms with Gasteiger partial charge in [-0.1, -0.05) is 66.7 Å². The highest BCUT2D eigenvalue weighted by atomic mass is 31.2. The Kier molecular flexibility index (Phi) is 5.47. The average molecular weight is 363 g/mol. The van der Waals surface area contributed by atoms with Crippen molar-refractivity contribution in [2.45, 2.75) is 0 Å². The van der Waals surface area contributed by atoms with Gasteiger partial charge < -0.3 is 10.2 Å². The third-order valence-electron chi connectivity index (χ3n) is 3.81. The van der Waals surface area contributed by atoms with E-state index in [2.05, 4.69) is 5.32 Å². The van der Waals surface area contributed by atoms with Gasteiger partial charge >= 0.3 is 0 Å². The zero-order valence-corrected chi connectivity index (χ0v) is 14.8. The summed E-state index contributed by atoms with van der Waals surface area (Å²) in [5.41, 5.74) is 1.12. The number of benzene rings is 3. The first kappa shape index (κ1) is 17.9. The van der Waals surface area contributed by atoms with Crippen LogP contribution in [0.2, 0.25) is 0 Å². The summed E-state index contributed by atoms with van der Waals surface area (Å²) in [4.78, 5) is 23.3. The molecule has 4 nitrogen and oxygen atoms in total. The summed E-state index contributed by atoms with van der Waals surface area (Å²) < 4.78 is 13.2. The molecule has 1 atom stereocenters. The third kappa shape index (κ3) is 4.17. The van der Waals surface area contributed by atoms with Gasteiger partial charge in [0.15, 0.2) is 0 Å². The zero-order valence-electron chi connectivity index (χ0n) is 13.9. The number of carbonyl (C=O) groups excluding carboxylic acids is 1. The van der Waals surface area contributed by atoms with Gasteiger partial charge in [0.05, 0.1) is 0 Å². The average Bonchev–Trinajstić information content (AvgIpc) is 2.69. The summed E-state index contributed by atoms with van der Waals surface area (Å²) in [6, 6.07) is 26.0. The molecular formula is C21H18NO3P. The first-order chi connectivity index (χ1) is 12.6. The van der Waals surface area contributed by atoms with Crippen LogP contribution in [0.15, 0.2) is 96.4 Å². The maximum Gasteiger partial charge on any atom is 0.274 e. The molecule has 5 heteroatoms. The molecule has 1 unspecified atom stereocenters. The number of amides is 1. The smallest absolute Gasteiger partial charge is 0.274 e. The molecule has 0 aliphatic heterocycles. The summed E-state index contributed by atoms with van der Waals surface area (Å²) >= 11 is 0. The summed E-state index contributed by atoms with van der Waals surface area (Å²) in [7, 11) is -3.97. The molecule has 0 saturated carbocycles. The number of carbonyl (C=O) groups is 1. The largest absolute Gasteiger partial charge is 0.337 e. The molecule has 3 rings (SSSR count). The SMILES string of the molecule is O=C(N/C(=C/c1ccccc1)P(=O)(O)c1ccccc1)c1ccccc1. The fourth-order valence-electron chi connectivity index (χ4n) is 2.45. The van der Waals surface area contributed by atoms with Gasteiger partial charge in [-0.15, -0.1) is 0 Å². The highest BCUT2D eigenvalue weighted by Crippen LogP contribution is 2.47. The van der Waals surface area contributed by atoms with Crippen molar-refractivity contribution in [3.8, 4) is 0 Å². The fourth-order valence-corrected chi connectivity index (χ4v) is 3.89. The molecule has 0 fully saturated rings. The lowest BCUT2D eigenvalue weighted by Gasteiger charge is -2.17. The monoisotopic (exact) mass is 363 g/mol. The minimum absolute atomic E-state index is 0.0243. The molecule has 2 N–H and O–H groups in total. The van der Waals surface area contributed by atoms with E-state index in [1.54, 1.807) is 72.8 Å². The fraction of sp³-hybridized carbons (Fsp3) is 0. The summed E-state index contributed by atoms with van der Waals surface area (Å²) in [5, 5.41) is 2.89. The van der Waals surface area contributed by atoms with Crippen LogP contribution in [0.25, 0.3) is 6.08 Å². The third-order valence-corrected chi connectivity index (χ3v) is 5.71. The molecule has 0 aromatic heterocycles. The first-order valence-corrected chi connectivity index (χ1v) is 9.75. The molecule has 26 heavy (non-hydrogen) atoms. The molecule has 0 saturated heterocycles. The number of rotatable bonds is 5. The second-order valence-electron chi connectivity index (χ2n) is 5.67. The van der Waals surface area contributed by atoms with Gasteiger partial charge in [-0.25, -0.2) is 0 Å². The van der Waals surface area contributed by atoms with Gasteiger partial charge in [-0.2, -0.15) is 0 Å². The molecule has 0 spiro atoms. The number of hydrogen-bond donors (Lipinski definition) is 2. The van der Waals surface area contributed by atoms with Crippen LogP contribution in [0.5, 0.6) is 0 Å². The highest BCUT2D eigenvalue weighted by Gasteiger charge is 2.28. The van der Waals surface area contributed by atoms with E-state index in [9.17, 15) is 14.3 Å². The summed E-state index contributed by atoms with van der Waals surface area (Å²) in [5.74, 6) is -0.432. The quantitative estimate of drug-likeness (QED) is 0.673. The zero-order chi connectivity index (χ0) is 18.4. The van der Waals surface area contributed by atoms with Gasteiger partial charge in [-0.3, -0.25) is 9.36 Å². The van der Waals surface area contributed by atoms with Crippen LogP contribution in [0.4, 0.5) is 0 Å². The molecule has 0 heterocycles. The van der Waals surface area contributed by atoms with Crippen molar-refractivity contribution >= 4 is 24.7 Å². The van der Waals surface area contributed by atoms with Gasteiger partial charge in [0.25, 0.3) is 13.3 Å². The Bertz CT molecular complexity index is 954.